The van der Waals surface area contributed by atoms with Gasteiger partial charge in [0, 0.05) is 19.2 Å². The van der Waals surface area contributed by atoms with Crippen molar-refractivity contribution in [2.75, 3.05) is 5.73 Å². The number of fused-ring (bicyclic) bond motifs is 1. The van der Waals surface area contributed by atoms with Crippen LogP contribution in [0.2, 0.25) is 0 Å². The van der Waals surface area contributed by atoms with Crippen molar-refractivity contribution in [1.29, 1.82) is 0 Å². The predicted octanol–water partition coefficient (Wildman–Crippen LogP) is 2.65. The molecule has 0 saturated carbocycles. The molecule has 2 rings (SSSR count). The van der Waals surface area contributed by atoms with Gasteiger partial charge in [-0.1, -0.05) is 0 Å². The van der Waals surface area contributed by atoms with Gasteiger partial charge in [0.2, 0.25) is 0 Å². The van der Waals surface area contributed by atoms with Gasteiger partial charge in [-0.2, -0.15) is 13.2 Å². The van der Waals surface area contributed by atoms with Crippen LogP contribution in [0.4, 0.5) is 18.9 Å². The first-order valence-electron chi connectivity index (χ1n) is 5.14. The molecule has 1 aromatic heterocycles. The minimum atomic E-state index is -4.16. The summed E-state index contributed by atoms with van der Waals surface area (Å²) < 4.78 is 38.1. The van der Waals surface area contributed by atoms with E-state index in [9.17, 15) is 13.2 Å². The Bertz CT molecular complexity index is 543. The molecule has 2 aromatic rings. The van der Waals surface area contributed by atoms with Crippen LogP contribution in [0.15, 0.2) is 18.2 Å². The van der Waals surface area contributed by atoms with Gasteiger partial charge in [0.1, 0.15) is 5.82 Å². The summed E-state index contributed by atoms with van der Waals surface area (Å²) in [5.41, 5.74) is 7.61. The molecule has 0 atom stereocenters. The van der Waals surface area contributed by atoms with Gasteiger partial charge in [0.05, 0.1) is 17.5 Å². The van der Waals surface area contributed by atoms with Crippen molar-refractivity contribution in [1.82, 2.24) is 9.55 Å². The number of hydrogen-bond acceptors (Lipinski definition) is 2. The molecule has 1 aromatic carbocycles. The van der Waals surface area contributed by atoms with Crippen LogP contribution in [0.1, 0.15) is 12.2 Å². The maximum atomic E-state index is 12.1. The summed E-state index contributed by atoms with van der Waals surface area (Å²) in [6.45, 7) is 0. The van der Waals surface area contributed by atoms with E-state index in [4.69, 9.17) is 5.73 Å². The zero-order valence-electron chi connectivity index (χ0n) is 9.25. The number of halogens is 3. The average Bonchev–Trinajstić information content (AvgIpc) is 2.52. The van der Waals surface area contributed by atoms with Crippen LogP contribution in [-0.4, -0.2) is 15.7 Å². The largest absolute Gasteiger partial charge is 0.399 e. The minimum absolute atomic E-state index is 0.116. The van der Waals surface area contributed by atoms with Gasteiger partial charge in [0.25, 0.3) is 0 Å². The van der Waals surface area contributed by atoms with Gasteiger partial charge in [0.15, 0.2) is 0 Å². The minimum Gasteiger partial charge on any atom is -0.399 e. The third kappa shape index (κ3) is 2.51. The molecule has 3 nitrogen and oxygen atoms in total. The lowest BCUT2D eigenvalue weighted by molar-refractivity contribution is -0.134. The molecule has 92 valence electrons. The Morgan fingerprint density at radius 3 is 2.71 bits per heavy atom. The molecule has 6 heteroatoms. The number of nitrogens with zero attached hydrogens (tertiary/aromatic N) is 2. The molecule has 0 aliphatic heterocycles. The Hall–Kier alpha value is -1.72. The molecule has 17 heavy (non-hydrogen) atoms. The molecule has 0 radical (unpaired) electrons. The lowest BCUT2D eigenvalue weighted by Crippen LogP contribution is -2.10. The second kappa shape index (κ2) is 3.94. The van der Waals surface area contributed by atoms with E-state index in [2.05, 4.69) is 4.98 Å². The van der Waals surface area contributed by atoms with E-state index in [0.717, 1.165) is 5.52 Å². The highest BCUT2D eigenvalue weighted by atomic mass is 19.4. The van der Waals surface area contributed by atoms with Crippen molar-refractivity contribution in [3.8, 4) is 0 Å². The van der Waals surface area contributed by atoms with Crippen molar-refractivity contribution in [3.63, 3.8) is 0 Å². The van der Waals surface area contributed by atoms with Crippen LogP contribution in [0.5, 0.6) is 0 Å². The molecule has 0 aliphatic carbocycles. The molecule has 0 bridgehead atoms. The fourth-order valence-corrected chi connectivity index (χ4v) is 1.73. The van der Waals surface area contributed by atoms with Gasteiger partial charge in [-0.3, -0.25) is 0 Å². The van der Waals surface area contributed by atoms with E-state index in [1.165, 1.54) is 0 Å². The zero-order chi connectivity index (χ0) is 12.6. The Labute approximate surface area is 96.0 Å². The number of rotatable bonds is 2. The molecular weight excluding hydrogens is 231 g/mol. The van der Waals surface area contributed by atoms with E-state index in [-0.39, 0.29) is 6.42 Å². The molecule has 0 unspecified atom stereocenters. The number of aromatic nitrogens is 2. The van der Waals surface area contributed by atoms with Crippen molar-refractivity contribution < 1.29 is 13.2 Å². The van der Waals surface area contributed by atoms with Crippen LogP contribution < -0.4 is 5.73 Å². The number of aryl methyl sites for hydroxylation is 2. The van der Waals surface area contributed by atoms with Crippen molar-refractivity contribution in [2.24, 2.45) is 7.05 Å². The molecule has 2 N–H and O–H groups in total. The van der Waals surface area contributed by atoms with Gasteiger partial charge in [-0.25, -0.2) is 4.98 Å². The molecule has 0 fully saturated rings. The third-order valence-electron chi connectivity index (χ3n) is 2.63. The highest BCUT2D eigenvalue weighted by molar-refractivity contribution is 5.79. The Morgan fingerprint density at radius 1 is 1.35 bits per heavy atom. The highest BCUT2D eigenvalue weighted by Gasteiger charge is 2.27. The van der Waals surface area contributed by atoms with Gasteiger partial charge in [-0.05, 0) is 18.2 Å². The topological polar surface area (TPSA) is 43.8 Å². The Morgan fingerprint density at radius 2 is 2.06 bits per heavy atom. The number of benzene rings is 1. The average molecular weight is 243 g/mol. The van der Waals surface area contributed by atoms with E-state index < -0.39 is 12.6 Å². The number of nitrogen functional groups attached to an aromatic ring is 1. The van der Waals surface area contributed by atoms with E-state index in [1.54, 1.807) is 29.8 Å². The lowest BCUT2D eigenvalue weighted by atomic mass is 10.3. The first kappa shape index (κ1) is 11.8. The summed E-state index contributed by atoms with van der Waals surface area (Å²) in [6, 6.07) is 5.10. The number of hydrogen-bond donors (Lipinski definition) is 1. The maximum absolute atomic E-state index is 12.1. The monoisotopic (exact) mass is 243 g/mol. The third-order valence-corrected chi connectivity index (χ3v) is 2.63. The standard InChI is InChI=1S/C11H12F3N3/c1-17-9-6-7(15)2-3-8(9)16-10(17)4-5-11(12,13)14/h2-3,6H,4-5,15H2,1H3. The summed E-state index contributed by atoms with van der Waals surface area (Å²) >= 11 is 0. The number of nitrogens with two attached hydrogens (primary N) is 1. The van der Waals surface area contributed by atoms with Crippen LogP contribution >= 0.6 is 0 Å². The van der Waals surface area contributed by atoms with Crippen LogP contribution in [0.3, 0.4) is 0 Å². The predicted molar refractivity (Wildman–Crippen MR) is 59.5 cm³/mol. The Balaban J connectivity index is 2.33. The van der Waals surface area contributed by atoms with Gasteiger partial charge >= 0.3 is 6.18 Å². The Kier molecular flexibility index (Phi) is 2.73. The first-order valence-corrected chi connectivity index (χ1v) is 5.14. The van der Waals surface area contributed by atoms with Crippen LogP contribution in [0.25, 0.3) is 11.0 Å². The zero-order valence-corrected chi connectivity index (χ0v) is 9.25. The van der Waals surface area contributed by atoms with Crippen molar-refractivity contribution in [2.45, 2.75) is 19.0 Å². The van der Waals surface area contributed by atoms with Gasteiger partial charge in [-0.15, -0.1) is 0 Å². The lowest BCUT2D eigenvalue weighted by Gasteiger charge is -2.05. The summed E-state index contributed by atoms with van der Waals surface area (Å²) in [5, 5.41) is 0. The van der Waals surface area contributed by atoms with Crippen LogP contribution in [-0.2, 0) is 13.5 Å². The fraction of sp³-hybridized carbons (Fsp3) is 0.364. The molecule has 0 amide bonds. The second-order valence-electron chi connectivity index (χ2n) is 3.95. The molecule has 0 saturated heterocycles. The summed E-state index contributed by atoms with van der Waals surface area (Å²) in [7, 11) is 1.69. The molecule has 1 heterocycles. The smallest absolute Gasteiger partial charge is 0.389 e. The normalized spacial score (nSPS) is 12.2. The van der Waals surface area contributed by atoms with E-state index >= 15 is 0 Å². The first-order chi connectivity index (χ1) is 7.87. The molecule has 0 aliphatic rings. The molecule has 0 spiro atoms. The second-order valence-corrected chi connectivity index (χ2v) is 3.95. The van der Waals surface area contributed by atoms with E-state index in [1.807, 2.05) is 0 Å². The maximum Gasteiger partial charge on any atom is 0.389 e. The summed E-state index contributed by atoms with van der Waals surface area (Å²) in [6.07, 6.45) is -5.13. The van der Waals surface area contributed by atoms with Crippen molar-refractivity contribution >= 4 is 16.7 Å². The number of alkyl halides is 3. The number of imidazole rings is 1. The molecular formula is C11H12F3N3. The van der Waals surface area contributed by atoms with Crippen LogP contribution in [0, 0.1) is 0 Å². The van der Waals surface area contributed by atoms with Gasteiger partial charge < -0.3 is 10.3 Å². The SMILES string of the molecule is Cn1c(CCC(F)(F)F)nc2ccc(N)cc21. The number of anilines is 1. The summed E-state index contributed by atoms with van der Waals surface area (Å²) in [5.74, 6) is 0.419. The summed E-state index contributed by atoms with van der Waals surface area (Å²) in [4.78, 5) is 4.16. The highest BCUT2D eigenvalue weighted by Crippen LogP contribution is 2.24. The quantitative estimate of drug-likeness (QED) is 0.824. The fourth-order valence-electron chi connectivity index (χ4n) is 1.73. The van der Waals surface area contributed by atoms with Crippen molar-refractivity contribution in [3.05, 3.63) is 24.0 Å². The van der Waals surface area contributed by atoms with E-state index in [0.29, 0.717) is 17.0 Å².